The molecule has 3 N–H and O–H groups in total. The summed E-state index contributed by atoms with van der Waals surface area (Å²) >= 11 is 9.69. The number of halogens is 2. The average Bonchev–Trinajstić information content (AvgIpc) is 2.77. The molecule has 1 saturated carbocycles. The maximum atomic E-state index is 6.23. The Morgan fingerprint density at radius 1 is 1.07 bits per heavy atom. The van der Waals surface area contributed by atoms with E-state index < -0.39 is 0 Å². The van der Waals surface area contributed by atoms with Crippen molar-refractivity contribution in [1.29, 1.82) is 0 Å². The van der Waals surface area contributed by atoms with Crippen molar-refractivity contribution < 1.29 is 0 Å². The summed E-state index contributed by atoms with van der Waals surface area (Å²) in [5.74, 6) is 2.81. The molecule has 1 fully saturated rings. The molecule has 2 unspecified atom stereocenters. The summed E-state index contributed by atoms with van der Waals surface area (Å²) in [6.45, 7) is 1.69. The van der Waals surface area contributed by atoms with Gasteiger partial charge < -0.3 is 11.1 Å². The fraction of sp³-hybridized carbons (Fsp3) is 0.333. The molecular formula is C24H26BrClN4. The van der Waals surface area contributed by atoms with Gasteiger partial charge in [-0.3, -0.25) is 0 Å². The number of anilines is 1. The van der Waals surface area contributed by atoms with Crippen LogP contribution in [0.3, 0.4) is 0 Å². The van der Waals surface area contributed by atoms with Gasteiger partial charge in [-0.15, -0.1) is 0 Å². The third kappa shape index (κ3) is 5.39. The normalized spacial score (nSPS) is 19.4. The van der Waals surface area contributed by atoms with Gasteiger partial charge in [-0.2, -0.15) is 0 Å². The molecule has 1 aliphatic rings. The Bertz CT molecular complexity index is 1040. The van der Waals surface area contributed by atoms with Crippen molar-refractivity contribution in [2.24, 2.45) is 17.6 Å². The summed E-state index contributed by atoms with van der Waals surface area (Å²) in [6, 6.07) is 13.9. The Hall–Kier alpha value is -1.95. The average molecular weight is 486 g/mol. The van der Waals surface area contributed by atoms with Crippen LogP contribution in [0.25, 0.3) is 23.1 Å². The van der Waals surface area contributed by atoms with Crippen LogP contribution in [0, 0.1) is 11.8 Å². The quantitative estimate of drug-likeness (QED) is 0.424. The van der Waals surface area contributed by atoms with E-state index in [-0.39, 0.29) is 0 Å². The van der Waals surface area contributed by atoms with Crippen LogP contribution >= 0.6 is 27.5 Å². The molecule has 0 spiro atoms. The first-order valence-electron chi connectivity index (χ1n) is 10.5. The minimum absolute atomic E-state index is 0.631. The molecule has 6 heteroatoms. The predicted molar refractivity (Wildman–Crippen MR) is 131 cm³/mol. The Morgan fingerprint density at radius 3 is 2.67 bits per heavy atom. The van der Waals surface area contributed by atoms with Gasteiger partial charge >= 0.3 is 0 Å². The summed E-state index contributed by atoms with van der Waals surface area (Å²) in [6.07, 6.45) is 8.92. The van der Waals surface area contributed by atoms with Crippen LogP contribution in [0.2, 0.25) is 5.02 Å². The van der Waals surface area contributed by atoms with Crippen LogP contribution < -0.4 is 11.1 Å². The summed E-state index contributed by atoms with van der Waals surface area (Å²) in [5, 5.41) is 5.26. The topological polar surface area (TPSA) is 63.8 Å². The Balaban J connectivity index is 1.58. The summed E-state index contributed by atoms with van der Waals surface area (Å²) in [4.78, 5) is 9.50. The second kappa shape index (κ2) is 9.90. The molecule has 1 heterocycles. The van der Waals surface area contributed by atoms with E-state index in [1.807, 2.05) is 42.5 Å². The lowest BCUT2D eigenvalue weighted by atomic mass is 9.81. The molecule has 2 atom stereocenters. The lowest BCUT2D eigenvalue weighted by Crippen LogP contribution is -2.26. The van der Waals surface area contributed by atoms with Gasteiger partial charge in [-0.1, -0.05) is 52.2 Å². The number of aromatic nitrogens is 2. The van der Waals surface area contributed by atoms with E-state index in [9.17, 15) is 0 Å². The van der Waals surface area contributed by atoms with E-state index in [0.29, 0.717) is 22.7 Å². The zero-order valence-electron chi connectivity index (χ0n) is 16.8. The van der Waals surface area contributed by atoms with Gasteiger partial charge in [-0.25, -0.2) is 9.97 Å². The third-order valence-corrected chi connectivity index (χ3v) is 6.52. The molecule has 0 radical (unpaired) electrons. The molecular weight excluding hydrogens is 460 g/mol. The number of benzene rings is 2. The molecule has 0 amide bonds. The van der Waals surface area contributed by atoms with Crippen molar-refractivity contribution in [2.75, 3.05) is 18.4 Å². The van der Waals surface area contributed by atoms with Crippen molar-refractivity contribution >= 4 is 56.4 Å². The highest BCUT2D eigenvalue weighted by molar-refractivity contribution is 9.10. The van der Waals surface area contributed by atoms with Gasteiger partial charge in [0.15, 0.2) is 5.82 Å². The third-order valence-electron chi connectivity index (χ3n) is 5.75. The second-order valence-corrected chi connectivity index (χ2v) is 9.34. The van der Waals surface area contributed by atoms with E-state index >= 15 is 0 Å². The van der Waals surface area contributed by atoms with Crippen LogP contribution in [-0.2, 0) is 0 Å². The van der Waals surface area contributed by atoms with Gasteiger partial charge in [0.05, 0.1) is 5.52 Å². The monoisotopic (exact) mass is 484 g/mol. The van der Waals surface area contributed by atoms with Gasteiger partial charge in [0.2, 0.25) is 0 Å². The minimum atomic E-state index is 0.631. The molecule has 4 rings (SSSR count). The van der Waals surface area contributed by atoms with Crippen molar-refractivity contribution in [1.82, 2.24) is 9.97 Å². The fourth-order valence-electron chi connectivity index (χ4n) is 4.12. The number of nitrogens with one attached hydrogen (secondary N) is 1. The summed E-state index contributed by atoms with van der Waals surface area (Å²) in [7, 11) is 0. The lowest BCUT2D eigenvalue weighted by molar-refractivity contribution is 0.281. The van der Waals surface area contributed by atoms with Crippen molar-refractivity contribution in [2.45, 2.75) is 25.7 Å². The standard InChI is InChI=1S/C24H26BrClN4/c25-19-7-4-16(5-8-19)6-11-23-29-22-13-20(26)9-10-21(22)24(30-23)28-15-18-3-1-2-17(12-18)14-27/h4-11,13,17-18H,1-3,12,14-15,27H2,(H,28,29,30). The van der Waals surface area contributed by atoms with Crippen LogP contribution in [-0.4, -0.2) is 23.1 Å². The van der Waals surface area contributed by atoms with Crippen LogP contribution in [0.5, 0.6) is 0 Å². The number of hydrogen-bond donors (Lipinski definition) is 2. The molecule has 3 aromatic rings. The first-order valence-corrected chi connectivity index (χ1v) is 11.6. The van der Waals surface area contributed by atoms with Crippen molar-refractivity contribution in [3.63, 3.8) is 0 Å². The number of hydrogen-bond acceptors (Lipinski definition) is 4. The zero-order valence-corrected chi connectivity index (χ0v) is 19.2. The minimum Gasteiger partial charge on any atom is -0.369 e. The van der Waals surface area contributed by atoms with E-state index in [1.54, 1.807) is 0 Å². The highest BCUT2D eigenvalue weighted by Crippen LogP contribution is 2.30. The van der Waals surface area contributed by atoms with E-state index in [4.69, 9.17) is 27.3 Å². The van der Waals surface area contributed by atoms with Crippen molar-refractivity contribution in [3.05, 3.63) is 63.3 Å². The van der Waals surface area contributed by atoms with Gasteiger partial charge in [0.1, 0.15) is 5.82 Å². The molecule has 0 saturated heterocycles. The molecule has 156 valence electrons. The van der Waals surface area contributed by atoms with E-state index in [1.165, 1.54) is 25.7 Å². The number of nitrogens with two attached hydrogens (primary N) is 1. The van der Waals surface area contributed by atoms with Gasteiger partial charge in [0.25, 0.3) is 0 Å². The Kier molecular flexibility index (Phi) is 7.03. The van der Waals surface area contributed by atoms with Gasteiger partial charge in [0, 0.05) is 21.4 Å². The Morgan fingerprint density at radius 2 is 1.87 bits per heavy atom. The van der Waals surface area contributed by atoms with Crippen LogP contribution in [0.4, 0.5) is 5.82 Å². The lowest BCUT2D eigenvalue weighted by Gasteiger charge is -2.28. The molecule has 0 bridgehead atoms. The summed E-state index contributed by atoms with van der Waals surface area (Å²) in [5.41, 5.74) is 7.85. The maximum absolute atomic E-state index is 6.23. The van der Waals surface area contributed by atoms with E-state index in [2.05, 4.69) is 33.4 Å². The van der Waals surface area contributed by atoms with Gasteiger partial charge in [-0.05, 0) is 79.6 Å². The zero-order chi connectivity index (χ0) is 20.9. The smallest absolute Gasteiger partial charge is 0.154 e. The second-order valence-electron chi connectivity index (χ2n) is 7.99. The first kappa shape index (κ1) is 21.3. The fourth-order valence-corrected chi connectivity index (χ4v) is 4.55. The molecule has 1 aliphatic carbocycles. The van der Waals surface area contributed by atoms with Crippen molar-refractivity contribution in [3.8, 4) is 0 Å². The SMILES string of the molecule is NCC1CCCC(CNc2nc(C=Cc3ccc(Br)cc3)nc3cc(Cl)ccc23)C1. The highest BCUT2D eigenvalue weighted by atomic mass is 79.9. The Labute approximate surface area is 191 Å². The number of rotatable bonds is 6. The molecule has 4 nitrogen and oxygen atoms in total. The number of fused-ring (bicyclic) bond motifs is 1. The predicted octanol–water partition coefficient (Wildman–Crippen LogP) is 6.39. The van der Waals surface area contributed by atoms with Crippen LogP contribution in [0.1, 0.15) is 37.1 Å². The molecule has 2 aromatic carbocycles. The molecule has 1 aromatic heterocycles. The van der Waals surface area contributed by atoms with Crippen LogP contribution in [0.15, 0.2) is 46.9 Å². The maximum Gasteiger partial charge on any atom is 0.154 e. The molecule has 30 heavy (non-hydrogen) atoms. The molecule has 0 aliphatic heterocycles. The largest absolute Gasteiger partial charge is 0.369 e. The number of nitrogens with zero attached hydrogens (tertiary/aromatic N) is 2. The highest BCUT2D eigenvalue weighted by Gasteiger charge is 2.21. The summed E-state index contributed by atoms with van der Waals surface area (Å²) < 4.78 is 1.06. The first-order chi connectivity index (χ1) is 14.6. The van der Waals surface area contributed by atoms with E-state index in [0.717, 1.165) is 39.8 Å².